The Morgan fingerprint density at radius 2 is 1.38 bits per heavy atom. The minimum absolute atomic E-state index is 0.0370. The molecule has 0 bridgehead atoms. The van der Waals surface area contributed by atoms with Crippen LogP contribution in [0.15, 0.2) is 84.9 Å². The Morgan fingerprint density at radius 3 is 1.93 bits per heavy atom. The first-order valence-electron chi connectivity index (χ1n) is 9.02. The van der Waals surface area contributed by atoms with Gasteiger partial charge in [0.2, 0.25) is 5.60 Å². The lowest BCUT2D eigenvalue weighted by Gasteiger charge is -2.26. The predicted octanol–water partition coefficient (Wildman–Crippen LogP) is 2.92. The van der Waals surface area contributed by atoms with Crippen LogP contribution in [-0.2, 0) is 26.5 Å². The van der Waals surface area contributed by atoms with Crippen LogP contribution in [0.5, 0.6) is 0 Å². The summed E-state index contributed by atoms with van der Waals surface area (Å²) in [4.78, 5) is 24.8. The standard InChI is InChI=1S/C23H20FNO4/c24-20-14-8-7-9-17(20)15-25-21(26)16-29-22(27)23(28,18-10-3-1-4-11-18)19-12-5-2-6-13-19/h1-14,28H,15-16H2,(H,25,26). The Hall–Kier alpha value is -3.51. The van der Waals surface area contributed by atoms with E-state index in [-0.39, 0.29) is 6.54 Å². The molecule has 0 saturated heterocycles. The molecule has 0 aliphatic heterocycles. The number of benzene rings is 3. The second kappa shape index (κ2) is 9.12. The average molecular weight is 393 g/mol. The molecule has 0 spiro atoms. The zero-order valence-electron chi connectivity index (χ0n) is 15.5. The fraction of sp³-hybridized carbons (Fsp3) is 0.130. The predicted molar refractivity (Wildman–Crippen MR) is 105 cm³/mol. The molecule has 0 aromatic heterocycles. The monoisotopic (exact) mass is 393 g/mol. The summed E-state index contributed by atoms with van der Waals surface area (Å²) >= 11 is 0. The minimum atomic E-state index is -2.06. The Bertz CT molecular complexity index is 937. The number of esters is 1. The number of amides is 1. The van der Waals surface area contributed by atoms with Crippen LogP contribution in [-0.4, -0.2) is 23.6 Å². The number of carbonyl (C=O) groups is 2. The third kappa shape index (κ3) is 4.67. The molecule has 5 nitrogen and oxygen atoms in total. The molecule has 2 N–H and O–H groups in total. The number of halogens is 1. The molecule has 0 saturated carbocycles. The summed E-state index contributed by atoms with van der Waals surface area (Å²) in [6.07, 6.45) is 0. The van der Waals surface area contributed by atoms with Gasteiger partial charge in [-0.05, 0) is 17.2 Å². The second-order valence-electron chi connectivity index (χ2n) is 6.39. The normalized spacial score (nSPS) is 11.0. The molecule has 6 heteroatoms. The Morgan fingerprint density at radius 1 is 0.862 bits per heavy atom. The summed E-state index contributed by atoms with van der Waals surface area (Å²) in [6, 6.07) is 22.8. The van der Waals surface area contributed by atoms with Gasteiger partial charge in [0.05, 0.1) is 0 Å². The molecule has 0 atom stereocenters. The molecule has 0 heterocycles. The summed E-state index contributed by atoms with van der Waals surface area (Å²) in [5.41, 5.74) is -1.10. The zero-order valence-corrected chi connectivity index (χ0v) is 15.5. The van der Waals surface area contributed by atoms with E-state index in [0.29, 0.717) is 16.7 Å². The lowest BCUT2D eigenvalue weighted by atomic mass is 9.86. The highest BCUT2D eigenvalue weighted by Crippen LogP contribution is 2.30. The van der Waals surface area contributed by atoms with Gasteiger partial charge in [0, 0.05) is 12.1 Å². The van der Waals surface area contributed by atoms with Crippen LogP contribution in [0.1, 0.15) is 16.7 Å². The van der Waals surface area contributed by atoms with Crippen LogP contribution in [0.2, 0.25) is 0 Å². The zero-order chi connectivity index (χ0) is 20.7. The Labute approximate surface area is 167 Å². The Kier molecular flexibility index (Phi) is 6.36. The van der Waals surface area contributed by atoms with E-state index in [9.17, 15) is 19.1 Å². The lowest BCUT2D eigenvalue weighted by Crippen LogP contribution is -2.40. The van der Waals surface area contributed by atoms with Gasteiger partial charge in [0.25, 0.3) is 5.91 Å². The smallest absolute Gasteiger partial charge is 0.348 e. The first-order chi connectivity index (χ1) is 14.0. The number of aliphatic hydroxyl groups is 1. The van der Waals surface area contributed by atoms with Crippen molar-refractivity contribution in [2.24, 2.45) is 0 Å². The van der Waals surface area contributed by atoms with Crippen molar-refractivity contribution >= 4 is 11.9 Å². The maximum absolute atomic E-state index is 13.6. The van der Waals surface area contributed by atoms with E-state index >= 15 is 0 Å². The van der Waals surface area contributed by atoms with E-state index in [4.69, 9.17) is 4.74 Å². The maximum Gasteiger partial charge on any atom is 0.348 e. The lowest BCUT2D eigenvalue weighted by molar-refractivity contribution is -0.164. The van der Waals surface area contributed by atoms with Gasteiger partial charge in [-0.1, -0.05) is 78.9 Å². The van der Waals surface area contributed by atoms with Gasteiger partial charge >= 0.3 is 5.97 Å². The van der Waals surface area contributed by atoms with Crippen LogP contribution < -0.4 is 5.32 Å². The molecular weight excluding hydrogens is 373 g/mol. The summed E-state index contributed by atoms with van der Waals surface area (Å²) in [7, 11) is 0. The molecule has 3 aromatic rings. The first kappa shape index (κ1) is 20.2. The van der Waals surface area contributed by atoms with E-state index in [1.165, 1.54) is 6.07 Å². The highest BCUT2D eigenvalue weighted by atomic mass is 19.1. The van der Waals surface area contributed by atoms with Crippen molar-refractivity contribution in [2.45, 2.75) is 12.1 Å². The van der Waals surface area contributed by atoms with Crippen molar-refractivity contribution in [3.05, 3.63) is 107 Å². The summed E-state index contributed by atoms with van der Waals surface area (Å²) in [6.45, 7) is -0.639. The first-order valence-corrected chi connectivity index (χ1v) is 9.02. The second-order valence-corrected chi connectivity index (χ2v) is 6.39. The molecule has 0 aliphatic rings. The van der Waals surface area contributed by atoms with Crippen LogP contribution in [0.3, 0.4) is 0 Å². The van der Waals surface area contributed by atoms with Gasteiger partial charge in [-0.3, -0.25) is 4.79 Å². The van der Waals surface area contributed by atoms with E-state index in [1.807, 2.05) is 0 Å². The fourth-order valence-electron chi connectivity index (χ4n) is 2.88. The minimum Gasteiger partial charge on any atom is -0.453 e. The van der Waals surface area contributed by atoms with E-state index in [1.54, 1.807) is 78.9 Å². The Balaban J connectivity index is 1.69. The SMILES string of the molecule is O=C(COC(=O)C(O)(c1ccccc1)c1ccccc1)NCc1ccccc1F. The molecule has 29 heavy (non-hydrogen) atoms. The molecule has 3 rings (SSSR count). The number of rotatable bonds is 7. The number of hydrogen-bond acceptors (Lipinski definition) is 4. The summed E-state index contributed by atoms with van der Waals surface area (Å²) in [5.74, 6) is -2.02. The molecule has 148 valence electrons. The van der Waals surface area contributed by atoms with Gasteiger partial charge in [0.15, 0.2) is 6.61 Å². The molecule has 0 aliphatic carbocycles. The van der Waals surface area contributed by atoms with Crippen LogP contribution in [0, 0.1) is 5.82 Å². The molecular formula is C23H20FNO4. The molecule has 0 radical (unpaired) electrons. The summed E-state index contributed by atoms with van der Waals surface area (Å²) < 4.78 is 18.7. The van der Waals surface area contributed by atoms with E-state index in [0.717, 1.165) is 0 Å². The number of hydrogen-bond donors (Lipinski definition) is 2. The maximum atomic E-state index is 13.6. The van der Waals surface area contributed by atoms with Gasteiger partial charge in [-0.2, -0.15) is 0 Å². The van der Waals surface area contributed by atoms with Gasteiger partial charge in [0.1, 0.15) is 5.82 Å². The summed E-state index contributed by atoms with van der Waals surface area (Å²) in [5, 5.41) is 13.7. The van der Waals surface area contributed by atoms with Crippen molar-refractivity contribution in [1.82, 2.24) is 5.32 Å². The fourth-order valence-corrected chi connectivity index (χ4v) is 2.88. The number of nitrogens with one attached hydrogen (secondary N) is 1. The van der Waals surface area contributed by atoms with Crippen molar-refractivity contribution in [1.29, 1.82) is 0 Å². The van der Waals surface area contributed by atoms with Crippen molar-refractivity contribution in [2.75, 3.05) is 6.61 Å². The van der Waals surface area contributed by atoms with E-state index < -0.39 is 29.9 Å². The molecule has 3 aromatic carbocycles. The molecule has 0 fully saturated rings. The highest BCUT2D eigenvalue weighted by molar-refractivity contribution is 5.88. The average Bonchev–Trinajstić information content (AvgIpc) is 2.77. The third-order valence-electron chi connectivity index (χ3n) is 4.45. The van der Waals surface area contributed by atoms with Crippen LogP contribution >= 0.6 is 0 Å². The van der Waals surface area contributed by atoms with Crippen molar-refractivity contribution in [3.8, 4) is 0 Å². The van der Waals surface area contributed by atoms with Crippen LogP contribution in [0.4, 0.5) is 4.39 Å². The number of ether oxygens (including phenoxy) is 1. The molecule has 1 amide bonds. The molecule has 0 unspecified atom stereocenters. The topological polar surface area (TPSA) is 75.6 Å². The number of carbonyl (C=O) groups excluding carboxylic acids is 2. The van der Waals surface area contributed by atoms with Gasteiger partial charge in [-0.15, -0.1) is 0 Å². The van der Waals surface area contributed by atoms with Crippen LogP contribution in [0.25, 0.3) is 0 Å². The van der Waals surface area contributed by atoms with E-state index in [2.05, 4.69) is 5.32 Å². The van der Waals surface area contributed by atoms with Gasteiger partial charge in [-0.25, -0.2) is 9.18 Å². The van der Waals surface area contributed by atoms with Crippen molar-refractivity contribution in [3.63, 3.8) is 0 Å². The highest BCUT2D eigenvalue weighted by Gasteiger charge is 2.41. The third-order valence-corrected chi connectivity index (χ3v) is 4.45. The largest absolute Gasteiger partial charge is 0.453 e. The van der Waals surface area contributed by atoms with Crippen molar-refractivity contribution < 1.29 is 23.8 Å². The van der Waals surface area contributed by atoms with Gasteiger partial charge < -0.3 is 15.2 Å². The quantitative estimate of drug-likeness (QED) is 0.606.